The van der Waals surface area contributed by atoms with Crippen LogP contribution in [0.3, 0.4) is 0 Å². The van der Waals surface area contributed by atoms with Crippen LogP contribution in [0, 0.1) is 6.92 Å². The SMILES string of the molecule is Cc1ccccc1OCC(=O)N(Cc1ccccc1)[C@@H](C)C(=O)NC(C)(C)C. The maximum atomic E-state index is 13.0. The Morgan fingerprint density at radius 3 is 2.25 bits per heavy atom. The molecule has 2 rings (SSSR count). The molecule has 0 saturated carbocycles. The Labute approximate surface area is 167 Å². The first-order chi connectivity index (χ1) is 13.2. The fourth-order valence-electron chi connectivity index (χ4n) is 2.78. The van der Waals surface area contributed by atoms with Crippen LogP contribution in [0.15, 0.2) is 54.6 Å². The van der Waals surface area contributed by atoms with Crippen LogP contribution < -0.4 is 10.1 Å². The molecule has 0 unspecified atom stereocenters. The molecule has 0 radical (unpaired) electrons. The van der Waals surface area contributed by atoms with Crippen LogP contribution in [0.25, 0.3) is 0 Å². The van der Waals surface area contributed by atoms with Gasteiger partial charge >= 0.3 is 0 Å². The Morgan fingerprint density at radius 2 is 1.64 bits per heavy atom. The maximum Gasteiger partial charge on any atom is 0.261 e. The predicted octanol–water partition coefficient (Wildman–Crippen LogP) is 3.71. The minimum absolute atomic E-state index is 0.120. The summed E-state index contributed by atoms with van der Waals surface area (Å²) < 4.78 is 5.73. The summed E-state index contributed by atoms with van der Waals surface area (Å²) in [5.74, 6) is 0.249. The molecule has 0 bridgehead atoms. The average molecular weight is 383 g/mol. The van der Waals surface area contributed by atoms with E-state index in [1.807, 2.05) is 82.3 Å². The van der Waals surface area contributed by atoms with E-state index < -0.39 is 6.04 Å². The van der Waals surface area contributed by atoms with Crippen LogP contribution in [0.5, 0.6) is 5.75 Å². The Kier molecular flexibility index (Phi) is 7.21. The standard InChI is InChI=1S/C23H30N2O3/c1-17-11-9-10-14-20(17)28-16-21(26)25(15-19-12-7-6-8-13-19)18(2)22(27)24-23(3,4)5/h6-14,18H,15-16H2,1-5H3,(H,24,27)/t18-/m0/s1. The summed E-state index contributed by atoms with van der Waals surface area (Å²) in [6.45, 7) is 9.66. The van der Waals surface area contributed by atoms with E-state index in [4.69, 9.17) is 4.74 Å². The molecule has 0 aliphatic heterocycles. The van der Waals surface area contributed by atoms with Gasteiger partial charge < -0.3 is 15.0 Å². The molecule has 2 aromatic carbocycles. The molecule has 1 atom stereocenters. The van der Waals surface area contributed by atoms with Gasteiger partial charge in [-0.05, 0) is 51.8 Å². The highest BCUT2D eigenvalue weighted by molar-refractivity contribution is 5.88. The number of nitrogens with zero attached hydrogens (tertiary/aromatic N) is 1. The third-order valence-electron chi connectivity index (χ3n) is 4.31. The second kappa shape index (κ2) is 9.40. The van der Waals surface area contributed by atoms with Gasteiger partial charge in [0.25, 0.3) is 5.91 Å². The monoisotopic (exact) mass is 382 g/mol. The van der Waals surface area contributed by atoms with Crippen molar-refractivity contribution in [2.45, 2.75) is 52.7 Å². The third kappa shape index (κ3) is 6.41. The number of carbonyl (C=O) groups is 2. The van der Waals surface area contributed by atoms with Gasteiger partial charge in [-0.25, -0.2) is 0 Å². The van der Waals surface area contributed by atoms with Crippen molar-refractivity contribution in [3.63, 3.8) is 0 Å². The lowest BCUT2D eigenvalue weighted by molar-refractivity contribution is -0.142. The van der Waals surface area contributed by atoms with Crippen LogP contribution in [-0.4, -0.2) is 34.9 Å². The highest BCUT2D eigenvalue weighted by atomic mass is 16.5. The number of hydrogen-bond acceptors (Lipinski definition) is 3. The van der Waals surface area contributed by atoms with Gasteiger partial charge in [0.05, 0.1) is 0 Å². The van der Waals surface area contributed by atoms with Gasteiger partial charge in [-0.1, -0.05) is 48.5 Å². The van der Waals surface area contributed by atoms with Crippen molar-refractivity contribution < 1.29 is 14.3 Å². The number of benzene rings is 2. The van der Waals surface area contributed by atoms with Gasteiger partial charge in [-0.3, -0.25) is 9.59 Å². The Bertz CT molecular complexity index is 797. The number of ether oxygens (including phenoxy) is 1. The van der Waals surface area contributed by atoms with E-state index in [0.717, 1.165) is 11.1 Å². The highest BCUT2D eigenvalue weighted by Gasteiger charge is 2.28. The van der Waals surface area contributed by atoms with Crippen LogP contribution in [0.4, 0.5) is 0 Å². The zero-order valence-electron chi connectivity index (χ0n) is 17.4. The molecule has 2 amide bonds. The number of amides is 2. The van der Waals surface area contributed by atoms with E-state index in [-0.39, 0.29) is 24.0 Å². The van der Waals surface area contributed by atoms with Gasteiger partial charge in [-0.2, -0.15) is 0 Å². The van der Waals surface area contributed by atoms with Crippen molar-refractivity contribution in [3.8, 4) is 5.75 Å². The number of rotatable bonds is 7. The van der Waals surface area contributed by atoms with Crippen molar-refractivity contribution in [1.82, 2.24) is 10.2 Å². The topological polar surface area (TPSA) is 58.6 Å². The number of carbonyl (C=O) groups excluding carboxylic acids is 2. The van der Waals surface area contributed by atoms with Crippen molar-refractivity contribution in [2.24, 2.45) is 0 Å². The molecule has 0 aliphatic rings. The maximum absolute atomic E-state index is 13.0. The lowest BCUT2D eigenvalue weighted by atomic mass is 10.1. The van der Waals surface area contributed by atoms with Crippen LogP contribution in [0.1, 0.15) is 38.8 Å². The first-order valence-electron chi connectivity index (χ1n) is 9.51. The molecule has 0 heterocycles. The highest BCUT2D eigenvalue weighted by Crippen LogP contribution is 2.17. The van der Waals surface area contributed by atoms with Gasteiger partial charge in [-0.15, -0.1) is 0 Å². The molecule has 5 heteroatoms. The molecule has 150 valence electrons. The van der Waals surface area contributed by atoms with Crippen LogP contribution >= 0.6 is 0 Å². The van der Waals surface area contributed by atoms with Crippen molar-refractivity contribution in [1.29, 1.82) is 0 Å². The van der Waals surface area contributed by atoms with Crippen molar-refractivity contribution >= 4 is 11.8 Å². The molecular weight excluding hydrogens is 352 g/mol. The van der Waals surface area contributed by atoms with Gasteiger partial charge in [0.1, 0.15) is 11.8 Å². The quantitative estimate of drug-likeness (QED) is 0.794. The molecule has 0 saturated heterocycles. The van der Waals surface area contributed by atoms with Gasteiger partial charge in [0, 0.05) is 12.1 Å². The zero-order chi connectivity index (χ0) is 20.7. The zero-order valence-corrected chi connectivity index (χ0v) is 17.4. The largest absolute Gasteiger partial charge is 0.484 e. The summed E-state index contributed by atoms with van der Waals surface area (Å²) in [7, 11) is 0. The number of nitrogens with one attached hydrogen (secondary N) is 1. The van der Waals surface area contributed by atoms with Gasteiger partial charge in [0.2, 0.25) is 5.91 Å². The average Bonchev–Trinajstić information content (AvgIpc) is 2.64. The van der Waals surface area contributed by atoms with E-state index >= 15 is 0 Å². The van der Waals surface area contributed by atoms with Crippen LogP contribution in [0.2, 0.25) is 0 Å². The summed E-state index contributed by atoms with van der Waals surface area (Å²) in [5, 5.41) is 2.95. The molecule has 0 aliphatic carbocycles. The first kappa shape index (κ1) is 21.5. The van der Waals surface area contributed by atoms with Crippen LogP contribution in [-0.2, 0) is 16.1 Å². The lowest BCUT2D eigenvalue weighted by Crippen LogP contribution is -2.53. The Balaban J connectivity index is 2.15. The molecule has 5 nitrogen and oxygen atoms in total. The summed E-state index contributed by atoms with van der Waals surface area (Å²) in [6, 6.07) is 16.6. The normalized spacial score (nSPS) is 12.2. The van der Waals surface area contributed by atoms with E-state index in [2.05, 4.69) is 5.32 Å². The molecule has 0 spiro atoms. The van der Waals surface area contributed by atoms with E-state index in [1.54, 1.807) is 11.8 Å². The van der Waals surface area contributed by atoms with E-state index in [1.165, 1.54) is 0 Å². The second-order valence-corrected chi connectivity index (χ2v) is 7.98. The van der Waals surface area contributed by atoms with Crippen molar-refractivity contribution in [2.75, 3.05) is 6.61 Å². The third-order valence-corrected chi connectivity index (χ3v) is 4.31. The molecule has 28 heavy (non-hydrogen) atoms. The van der Waals surface area contributed by atoms with E-state index in [9.17, 15) is 9.59 Å². The molecule has 0 fully saturated rings. The Morgan fingerprint density at radius 1 is 1.04 bits per heavy atom. The molecule has 1 N–H and O–H groups in total. The smallest absolute Gasteiger partial charge is 0.261 e. The summed E-state index contributed by atoms with van der Waals surface area (Å²) in [6.07, 6.45) is 0. The van der Waals surface area contributed by atoms with E-state index in [0.29, 0.717) is 12.3 Å². The van der Waals surface area contributed by atoms with Gasteiger partial charge in [0.15, 0.2) is 6.61 Å². The molecule has 0 aromatic heterocycles. The summed E-state index contributed by atoms with van der Waals surface area (Å²) >= 11 is 0. The molecular formula is C23H30N2O3. The fraction of sp³-hybridized carbons (Fsp3) is 0.391. The number of hydrogen-bond donors (Lipinski definition) is 1. The second-order valence-electron chi connectivity index (χ2n) is 7.98. The number of para-hydroxylation sites is 1. The lowest BCUT2D eigenvalue weighted by Gasteiger charge is -2.31. The summed E-state index contributed by atoms with van der Waals surface area (Å²) in [5.41, 5.74) is 1.55. The minimum atomic E-state index is -0.618. The minimum Gasteiger partial charge on any atom is -0.484 e. The Hall–Kier alpha value is -2.82. The van der Waals surface area contributed by atoms with Crippen molar-refractivity contribution in [3.05, 3.63) is 65.7 Å². The predicted molar refractivity (Wildman–Crippen MR) is 111 cm³/mol. The fourth-order valence-corrected chi connectivity index (χ4v) is 2.78. The first-order valence-corrected chi connectivity index (χ1v) is 9.51. The summed E-state index contributed by atoms with van der Waals surface area (Å²) in [4.78, 5) is 27.2. The number of aryl methyl sites for hydroxylation is 1. The molecule has 2 aromatic rings.